The largest absolute Gasteiger partial charge is 0.497 e. The molecule has 0 radical (unpaired) electrons. The van der Waals surface area contributed by atoms with Gasteiger partial charge in [-0.1, -0.05) is 18.2 Å². The SMILES string of the molecule is COc1cccc(CN2C(=O)N(c3cccc(SC)c3)C3CS(=O)(=O)CC32)c1. The van der Waals surface area contributed by atoms with E-state index in [2.05, 4.69) is 0 Å². The Morgan fingerprint density at radius 3 is 2.61 bits per heavy atom. The maximum Gasteiger partial charge on any atom is 0.325 e. The smallest absolute Gasteiger partial charge is 0.325 e. The Hall–Kier alpha value is -2.19. The number of ether oxygens (including phenoxy) is 1. The first kappa shape index (κ1) is 19.1. The summed E-state index contributed by atoms with van der Waals surface area (Å²) in [4.78, 5) is 17.7. The van der Waals surface area contributed by atoms with Crippen LogP contribution in [0.25, 0.3) is 0 Å². The Balaban J connectivity index is 1.70. The molecule has 2 aromatic rings. The van der Waals surface area contributed by atoms with Gasteiger partial charge >= 0.3 is 6.03 Å². The summed E-state index contributed by atoms with van der Waals surface area (Å²) in [5, 5.41) is 0. The van der Waals surface area contributed by atoms with Gasteiger partial charge in [-0.15, -0.1) is 11.8 Å². The van der Waals surface area contributed by atoms with Gasteiger partial charge in [0.2, 0.25) is 0 Å². The molecule has 8 heteroatoms. The van der Waals surface area contributed by atoms with Crippen LogP contribution in [0.4, 0.5) is 10.5 Å². The number of anilines is 1. The summed E-state index contributed by atoms with van der Waals surface area (Å²) >= 11 is 1.59. The molecule has 2 aromatic carbocycles. The van der Waals surface area contributed by atoms with Crippen LogP contribution in [0.1, 0.15) is 5.56 Å². The van der Waals surface area contributed by atoms with Crippen molar-refractivity contribution < 1.29 is 17.9 Å². The Morgan fingerprint density at radius 1 is 1.11 bits per heavy atom. The van der Waals surface area contributed by atoms with Crippen LogP contribution in [-0.2, 0) is 16.4 Å². The van der Waals surface area contributed by atoms with Crippen molar-refractivity contribution >= 4 is 33.3 Å². The highest BCUT2D eigenvalue weighted by molar-refractivity contribution is 7.98. The molecule has 0 spiro atoms. The number of carbonyl (C=O) groups excluding carboxylic acids is 1. The fraction of sp³-hybridized carbons (Fsp3) is 0.350. The minimum atomic E-state index is -3.19. The van der Waals surface area contributed by atoms with Crippen LogP contribution in [0, 0.1) is 0 Å². The van der Waals surface area contributed by atoms with Gasteiger partial charge in [-0.2, -0.15) is 0 Å². The fourth-order valence-electron chi connectivity index (χ4n) is 3.99. The molecular weight excluding hydrogens is 396 g/mol. The molecule has 2 fully saturated rings. The van der Waals surface area contributed by atoms with Crippen molar-refractivity contribution in [2.75, 3.05) is 29.8 Å². The van der Waals surface area contributed by atoms with Gasteiger partial charge in [-0.3, -0.25) is 4.90 Å². The number of hydrogen-bond donors (Lipinski definition) is 0. The molecule has 0 saturated carbocycles. The highest BCUT2D eigenvalue weighted by atomic mass is 32.2. The van der Waals surface area contributed by atoms with E-state index >= 15 is 0 Å². The second-order valence-corrected chi connectivity index (χ2v) is 10.1. The molecule has 148 valence electrons. The van der Waals surface area contributed by atoms with Gasteiger partial charge in [-0.05, 0) is 42.2 Å². The summed E-state index contributed by atoms with van der Waals surface area (Å²) in [6.07, 6.45) is 1.98. The number of hydrogen-bond acceptors (Lipinski definition) is 5. The van der Waals surface area contributed by atoms with Gasteiger partial charge in [0.25, 0.3) is 0 Å². The lowest BCUT2D eigenvalue weighted by molar-refractivity contribution is 0.206. The third-order valence-corrected chi connectivity index (χ3v) is 7.72. The number of amides is 2. The zero-order chi connectivity index (χ0) is 19.9. The number of fused-ring (bicyclic) bond motifs is 1. The van der Waals surface area contributed by atoms with E-state index in [-0.39, 0.29) is 29.6 Å². The van der Waals surface area contributed by atoms with E-state index in [9.17, 15) is 13.2 Å². The predicted molar refractivity (Wildman–Crippen MR) is 111 cm³/mol. The van der Waals surface area contributed by atoms with E-state index in [0.29, 0.717) is 12.3 Å². The zero-order valence-electron chi connectivity index (χ0n) is 15.7. The number of methoxy groups -OCH3 is 1. The van der Waals surface area contributed by atoms with Crippen molar-refractivity contribution in [1.29, 1.82) is 0 Å². The minimum absolute atomic E-state index is 0.00150. The predicted octanol–water partition coefficient (Wildman–Crippen LogP) is 3.02. The number of thioether (sulfide) groups is 1. The van der Waals surface area contributed by atoms with Crippen LogP contribution < -0.4 is 9.64 Å². The molecule has 2 heterocycles. The zero-order valence-corrected chi connectivity index (χ0v) is 17.4. The Labute approximate surface area is 169 Å². The summed E-state index contributed by atoms with van der Waals surface area (Å²) in [7, 11) is -1.59. The minimum Gasteiger partial charge on any atom is -0.497 e. The summed E-state index contributed by atoms with van der Waals surface area (Å²) in [5.41, 5.74) is 1.66. The molecule has 28 heavy (non-hydrogen) atoms. The molecular formula is C20H22N2O4S2. The average molecular weight is 419 g/mol. The molecule has 2 aliphatic heterocycles. The number of benzene rings is 2. The fourth-order valence-corrected chi connectivity index (χ4v) is 6.39. The molecule has 2 atom stereocenters. The van der Waals surface area contributed by atoms with E-state index < -0.39 is 9.84 Å². The normalized spacial score (nSPS) is 23.1. The molecule has 6 nitrogen and oxygen atoms in total. The van der Waals surface area contributed by atoms with E-state index in [4.69, 9.17) is 4.74 Å². The van der Waals surface area contributed by atoms with E-state index in [1.165, 1.54) is 0 Å². The Bertz CT molecular complexity index is 1010. The van der Waals surface area contributed by atoms with Crippen LogP contribution in [0.3, 0.4) is 0 Å². The van der Waals surface area contributed by atoms with Crippen molar-refractivity contribution in [2.24, 2.45) is 0 Å². The van der Waals surface area contributed by atoms with Crippen LogP contribution in [-0.4, -0.2) is 56.3 Å². The highest BCUT2D eigenvalue weighted by Gasteiger charge is 2.53. The van der Waals surface area contributed by atoms with Gasteiger partial charge in [0, 0.05) is 17.1 Å². The lowest BCUT2D eigenvalue weighted by Crippen LogP contribution is -2.37. The molecule has 2 saturated heterocycles. The molecule has 2 amide bonds. The molecule has 4 rings (SSSR count). The molecule has 0 bridgehead atoms. The lowest BCUT2D eigenvalue weighted by atomic mass is 10.1. The van der Waals surface area contributed by atoms with Gasteiger partial charge in [0.05, 0.1) is 30.7 Å². The summed E-state index contributed by atoms with van der Waals surface area (Å²) in [5.74, 6) is 0.720. The first-order valence-corrected chi connectivity index (χ1v) is 12.0. The monoisotopic (exact) mass is 418 g/mol. The standard InChI is InChI=1S/C20H22N2O4S2/c1-26-16-7-3-5-14(9-16)11-21-18-12-28(24,25)13-19(18)22(20(21)23)15-6-4-8-17(10-15)27-2/h3-10,18-19H,11-13H2,1-2H3. The average Bonchev–Trinajstić information content (AvgIpc) is 3.12. The van der Waals surface area contributed by atoms with Crippen molar-refractivity contribution in [3.8, 4) is 5.75 Å². The number of rotatable bonds is 5. The lowest BCUT2D eigenvalue weighted by Gasteiger charge is -2.23. The van der Waals surface area contributed by atoms with Crippen LogP contribution in [0.2, 0.25) is 0 Å². The molecule has 0 aromatic heterocycles. The second-order valence-electron chi connectivity index (χ2n) is 7.05. The summed E-state index contributed by atoms with van der Waals surface area (Å²) in [6.45, 7) is 0.353. The molecule has 0 aliphatic carbocycles. The Morgan fingerprint density at radius 2 is 1.86 bits per heavy atom. The van der Waals surface area contributed by atoms with Crippen LogP contribution in [0.5, 0.6) is 5.75 Å². The maximum atomic E-state index is 13.3. The molecule has 2 aliphatic rings. The third-order valence-electron chi connectivity index (χ3n) is 5.30. The summed E-state index contributed by atoms with van der Waals surface area (Å²) < 4.78 is 30.0. The topological polar surface area (TPSA) is 66.9 Å². The van der Waals surface area contributed by atoms with Crippen molar-refractivity contribution in [1.82, 2.24) is 4.90 Å². The van der Waals surface area contributed by atoms with Crippen molar-refractivity contribution in [3.05, 3.63) is 54.1 Å². The van der Waals surface area contributed by atoms with Gasteiger partial charge in [0.1, 0.15) is 5.75 Å². The number of nitrogens with zero attached hydrogens (tertiary/aromatic N) is 2. The molecule has 2 unspecified atom stereocenters. The van der Waals surface area contributed by atoms with E-state index in [1.807, 2.05) is 54.8 Å². The Kier molecular flexibility index (Phi) is 5.01. The number of carbonyl (C=O) groups is 1. The summed E-state index contributed by atoms with van der Waals surface area (Å²) in [6, 6.07) is 14.4. The first-order valence-electron chi connectivity index (χ1n) is 8.99. The highest BCUT2D eigenvalue weighted by Crippen LogP contribution is 2.37. The van der Waals surface area contributed by atoms with Gasteiger partial charge in [0.15, 0.2) is 9.84 Å². The number of urea groups is 1. The number of sulfone groups is 1. The van der Waals surface area contributed by atoms with E-state index in [1.54, 1.807) is 28.7 Å². The quantitative estimate of drug-likeness (QED) is 0.552. The third kappa shape index (κ3) is 3.46. The van der Waals surface area contributed by atoms with Crippen LogP contribution in [0.15, 0.2) is 53.4 Å². The van der Waals surface area contributed by atoms with Gasteiger partial charge < -0.3 is 9.64 Å². The van der Waals surface area contributed by atoms with E-state index in [0.717, 1.165) is 16.1 Å². The van der Waals surface area contributed by atoms with Crippen LogP contribution >= 0.6 is 11.8 Å². The maximum absolute atomic E-state index is 13.3. The second kappa shape index (κ2) is 7.33. The van der Waals surface area contributed by atoms with Crippen molar-refractivity contribution in [3.63, 3.8) is 0 Å². The van der Waals surface area contributed by atoms with Gasteiger partial charge in [-0.25, -0.2) is 13.2 Å². The first-order chi connectivity index (χ1) is 13.4. The van der Waals surface area contributed by atoms with Crippen molar-refractivity contribution in [2.45, 2.75) is 23.5 Å². The molecule has 0 N–H and O–H groups in total.